The van der Waals surface area contributed by atoms with Gasteiger partial charge in [0.25, 0.3) is 5.91 Å². The number of hydrogen-bond donors (Lipinski definition) is 1. The second-order valence-corrected chi connectivity index (χ2v) is 7.59. The van der Waals surface area contributed by atoms with Crippen molar-refractivity contribution in [1.29, 1.82) is 0 Å². The van der Waals surface area contributed by atoms with Gasteiger partial charge in [-0.3, -0.25) is 4.79 Å². The van der Waals surface area contributed by atoms with Gasteiger partial charge in [-0.15, -0.1) is 11.8 Å². The zero-order valence-corrected chi connectivity index (χ0v) is 16.9. The average Bonchev–Trinajstić information content (AvgIpc) is 2.98. The Labute approximate surface area is 167 Å². The zero-order valence-electron chi connectivity index (χ0n) is 15.3. The van der Waals surface area contributed by atoms with Crippen LogP contribution >= 0.6 is 23.4 Å². The van der Waals surface area contributed by atoms with Crippen molar-refractivity contribution in [3.8, 4) is 0 Å². The van der Waals surface area contributed by atoms with Crippen LogP contribution in [-0.4, -0.2) is 16.0 Å². The summed E-state index contributed by atoms with van der Waals surface area (Å²) in [5.41, 5.74) is 3.43. The first-order valence-electron chi connectivity index (χ1n) is 8.51. The molecular formula is C20H20ClN3O2S. The molecule has 0 spiro atoms. The van der Waals surface area contributed by atoms with Crippen molar-refractivity contribution in [3.05, 3.63) is 75.8 Å². The minimum atomic E-state index is -0.160. The minimum absolute atomic E-state index is 0.143. The van der Waals surface area contributed by atoms with Crippen molar-refractivity contribution in [1.82, 2.24) is 15.5 Å². The molecule has 0 unspecified atom stereocenters. The topological polar surface area (TPSA) is 68.0 Å². The highest BCUT2D eigenvalue weighted by Crippen LogP contribution is 2.27. The number of hydrogen-bond acceptors (Lipinski definition) is 5. The lowest BCUT2D eigenvalue weighted by atomic mass is 10.1. The molecule has 0 aliphatic rings. The summed E-state index contributed by atoms with van der Waals surface area (Å²) < 4.78 is 5.20. The highest BCUT2D eigenvalue weighted by Gasteiger charge is 2.17. The Hall–Kier alpha value is -2.31. The molecule has 5 nitrogen and oxygen atoms in total. The maximum atomic E-state index is 12.8. The molecular weight excluding hydrogens is 382 g/mol. The van der Waals surface area contributed by atoms with E-state index in [1.165, 1.54) is 11.8 Å². The number of rotatable bonds is 6. The van der Waals surface area contributed by atoms with E-state index in [0.29, 0.717) is 21.4 Å². The Morgan fingerprint density at radius 1 is 1.26 bits per heavy atom. The highest BCUT2D eigenvalue weighted by atomic mass is 35.5. The fourth-order valence-electron chi connectivity index (χ4n) is 2.64. The molecule has 1 amide bonds. The molecule has 0 fully saturated rings. The standard InChI is InChI=1S/C20H20ClN3O2S/c1-12(15-6-8-16(21)9-7-15)23-19(25)17-5-4-10-22-20(17)27-11-18-13(2)24-26-14(18)3/h4-10,12H,11H2,1-3H3,(H,23,25)/t12-/m0/s1. The minimum Gasteiger partial charge on any atom is -0.361 e. The Bertz CT molecular complexity index is 921. The van der Waals surface area contributed by atoms with Gasteiger partial charge in [0, 0.05) is 22.5 Å². The molecule has 0 aliphatic heterocycles. The van der Waals surface area contributed by atoms with E-state index in [4.69, 9.17) is 16.1 Å². The van der Waals surface area contributed by atoms with E-state index >= 15 is 0 Å². The van der Waals surface area contributed by atoms with E-state index in [0.717, 1.165) is 22.6 Å². The van der Waals surface area contributed by atoms with Gasteiger partial charge < -0.3 is 9.84 Å². The number of aryl methyl sites for hydroxylation is 2. The van der Waals surface area contributed by atoms with Crippen LogP contribution in [0.1, 0.15) is 45.9 Å². The number of aromatic nitrogens is 2. The number of pyridine rings is 1. The molecule has 2 heterocycles. The first-order chi connectivity index (χ1) is 13.0. The lowest BCUT2D eigenvalue weighted by Crippen LogP contribution is -2.27. The normalized spacial score (nSPS) is 12.0. The van der Waals surface area contributed by atoms with Gasteiger partial charge in [-0.05, 0) is 50.6 Å². The smallest absolute Gasteiger partial charge is 0.254 e. The van der Waals surface area contributed by atoms with E-state index in [1.54, 1.807) is 18.3 Å². The Balaban J connectivity index is 1.72. The summed E-state index contributed by atoms with van der Waals surface area (Å²) in [6.07, 6.45) is 1.69. The number of benzene rings is 1. The first kappa shape index (κ1) is 19.5. The third kappa shape index (κ3) is 4.70. The lowest BCUT2D eigenvalue weighted by Gasteiger charge is -2.15. The van der Waals surface area contributed by atoms with Crippen LogP contribution in [0.5, 0.6) is 0 Å². The van der Waals surface area contributed by atoms with Crippen LogP contribution in [0, 0.1) is 13.8 Å². The van der Waals surface area contributed by atoms with Crippen LogP contribution in [0.2, 0.25) is 5.02 Å². The summed E-state index contributed by atoms with van der Waals surface area (Å²) in [6.45, 7) is 5.73. The fourth-order valence-corrected chi connectivity index (χ4v) is 3.91. The number of halogens is 1. The second-order valence-electron chi connectivity index (χ2n) is 6.19. The van der Waals surface area contributed by atoms with E-state index in [-0.39, 0.29) is 11.9 Å². The number of carbonyl (C=O) groups excluding carboxylic acids is 1. The van der Waals surface area contributed by atoms with Crippen LogP contribution in [0.15, 0.2) is 52.1 Å². The molecule has 1 N–H and O–H groups in total. The molecule has 3 aromatic rings. The molecule has 140 valence electrons. The average molecular weight is 402 g/mol. The van der Waals surface area contributed by atoms with Gasteiger partial charge in [-0.1, -0.05) is 28.9 Å². The molecule has 0 bridgehead atoms. The van der Waals surface area contributed by atoms with Gasteiger partial charge >= 0.3 is 0 Å². The predicted octanol–water partition coefficient (Wildman–Crippen LogP) is 5.12. The van der Waals surface area contributed by atoms with Gasteiger partial charge in [-0.2, -0.15) is 0 Å². The number of thioether (sulfide) groups is 1. The first-order valence-corrected chi connectivity index (χ1v) is 9.88. The van der Waals surface area contributed by atoms with E-state index in [1.807, 2.05) is 45.0 Å². The molecule has 0 saturated heterocycles. The molecule has 0 saturated carbocycles. The molecule has 0 radical (unpaired) electrons. The number of amides is 1. The molecule has 7 heteroatoms. The van der Waals surface area contributed by atoms with Gasteiger partial charge in [-0.25, -0.2) is 4.98 Å². The number of carbonyl (C=O) groups is 1. The summed E-state index contributed by atoms with van der Waals surface area (Å²) in [4.78, 5) is 17.2. The number of nitrogens with zero attached hydrogens (tertiary/aromatic N) is 2. The predicted molar refractivity (Wildman–Crippen MR) is 107 cm³/mol. The summed E-state index contributed by atoms with van der Waals surface area (Å²) in [6, 6.07) is 10.8. The molecule has 27 heavy (non-hydrogen) atoms. The van der Waals surface area contributed by atoms with Crippen LogP contribution in [0.4, 0.5) is 0 Å². The second kappa shape index (κ2) is 8.59. The monoisotopic (exact) mass is 401 g/mol. The Kier molecular flexibility index (Phi) is 6.19. The van der Waals surface area contributed by atoms with Gasteiger partial charge in [0.05, 0.1) is 17.3 Å². The largest absolute Gasteiger partial charge is 0.361 e. The molecule has 0 aliphatic carbocycles. The summed E-state index contributed by atoms with van der Waals surface area (Å²) in [5, 5.41) is 8.34. The third-order valence-corrected chi connectivity index (χ3v) is 5.55. The van der Waals surface area contributed by atoms with Crippen molar-refractivity contribution in [2.75, 3.05) is 0 Å². The Morgan fingerprint density at radius 2 is 2.00 bits per heavy atom. The maximum Gasteiger partial charge on any atom is 0.254 e. The molecule has 2 aromatic heterocycles. The highest BCUT2D eigenvalue weighted by molar-refractivity contribution is 7.98. The maximum absolute atomic E-state index is 12.8. The summed E-state index contributed by atoms with van der Waals surface area (Å²) >= 11 is 7.43. The Morgan fingerprint density at radius 3 is 2.67 bits per heavy atom. The quantitative estimate of drug-likeness (QED) is 0.580. The van der Waals surface area contributed by atoms with Gasteiger partial charge in [0.15, 0.2) is 0 Å². The van der Waals surface area contributed by atoms with Crippen molar-refractivity contribution >= 4 is 29.3 Å². The SMILES string of the molecule is Cc1noc(C)c1CSc1ncccc1C(=O)N[C@@H](C)c1ccc(Cl)cc1. The van der Waals surface area contributed by atoms with Gasteiger partial charge in [0.2, 0.25) is 0 Å². The van der Waals surface area contributed by atoms with Crippen molar-refractivity contribution < 1.29 is 9.32 Å². The van der Waals surface area contributed by atoms with Crippen LogP contribution in [-0.2, 0) is 5.75 Å². The molecule has 1 atom stereocenters. The van der Waals surface area contributed by atoms with Crippen molar-refractivity contribution in [2.45, 2.75) is 37.6 Å². The summed E-state index contributed by atoms with van der Waals surface area (Å²) in [7, 11) is 0. The van der Waals surface area contributed by atoms with E-state index in [2.05, 4.69) is 15.5 Å². The van der Waals surface area contributed by atoms with Crippen LogP contribution in [0.3, 0.4) is 0 Å². The van der Waals surface area contributed by atoms with Crippen LogP contribution in [0.25, 0.3) is 0 Å². The number of nitrogens with one attached hydrogen (secondary N) is 1. The molecule has 1 aromatic carbocycles. The molecule has 3 rings (SSSR count). The fraction of sp³-hybridized carbons (Fsp3) is 0.250. The lowest BCUT2D eigenvalue weighted by molar-refractivity contribution is 0.0936. The third-order valence-electron chi connectivity index (χ3n) is 4.27. The van der Waals surface area contributed by atoms with Gasteiger partial charge in [0.1, 0.15) is 10.8 Å². The van der Waals surface area contributed by atoms with Crippen LogP contribution < -0.4 is 5.32 Å². The zero-order chi connectivity index (χ0) is 19.4. The van der Waals surface area contributed by atoms with E-state index < -0.39 is 0 Å². The van der Waals surface area contributed by atoms with Crippen molar-refractivity contribution in [3.63, 3.8) is 0 Å². The van der Waals surface area contributed by atoms with E-state index in [9.17, 15) is 4.79 Å². The van der Waals surface area contributed by atoms with Crippen molar-refractivity contribution in [2.24, 2.45) is 0 Å². The summed E-state index contributed by atoms with van der Waals surface area (Å²) in [5.74, 6) is 1.27.